The van der Waals surface area contributed by atoms with E-state index in [0.29, 0.717) is 18.7 Å². The second-order valence-corrected chi connectivity index (χ2v) is 9.33. The van der Waals surface area contributed by atoms with Crippen LogP contribution in [0.25, 0.3) is 0 Å². The Kier molecular flexibility index (Phi) is 8.47. The summed E-state index contributed by atoms with van der Waals surface area (Å²) in [5.74, 6) is 0.220. The van der Waals surface area contributed by atoms with Crippen LogP contribution >= 0.6 is 15.9 Å². The third kappa shape index (κ3) is 7.48. The zero-order valence-corrected chi connectivity index (χ0v) is 20.0. The minimum absolute atomic E-state index is 0.132. The quantitative estimate of drug-likeness (QED) is 0.594. The third-order valence-corrected chi connectivity index (χ3v) is 5.06. The molecule has 0 fully saturated rings. The fraction of sp³-hybridized carbons (Fsp3) is 0.417. The first kappa shape index (κ1) is 23.9. The normalized spacial score (nSPS) is 12.2. The molecule has 1 atom stereocenters. The van der Waals surface area contributed by atoms with Crippen molar-refractivity contribution >= 4 is 27.7 Å². The predicted molar refractivity (Wildman–Crippen MR) is 123 cm³/mol. The first-order chi connectivity index (χ1) is 14.1. The molecule has 0 aliphatic heterocycles. The number of nitrogens with zero attached hydrogens (tertiary/aromatic N) is 1. The molecule has 2 aromatic rings. The molecular weight excluding hydrogens is 444 g/mol. The zero-order valence-electron chi connectivity index (χ0n) is 18.4. The van der Waals surface area contributed by atoms with Gasteiger partial charge in [0.2, 0.25) is 5.91 Å². The van der Waals surface area contributed by atoms with Crippen LogP contribution in [0.5, 0.6) is 5.75 Å². The number of carbonyl (C=O) groups is 2. The van der Waals surface area contributed by atoms with E-state index < -0.39 is 6.04 Å². The highest BCUT2D eigenvalue weighted by molar-refractivity contribution is 9.10. The number of carbonyl (C=O) groups excluding carboxylic acids is 2. The average Bonchev–Trinajstić information content (AvgIpc) is 2.67. The van der Waals surface area contributed by atoms with Gasteiger partial charge in [-0.15, -0.1) is 0 Å². The van der Waals surface area contributed by atoms with Gasteiger partial charge in [0.25, 0.3) is 5.91 Å². The molecule has 0 aromatic heterocycles. The summed E-state index contributed by atoms with van der Waals surface area (Å²) in [6.07, 6.45) is 0.512. The Morgan fingerprint density at radius 3 is 2.20 bits per heavy atom. The van der Waals surface area contributed by atoms with E-state index in [1.54, 1.807) is 17.0 Å². The van der Waals surface area contributed by atoms with Gasteiger partial charge in [-0.3, -0.25) is 9.59 Å². The number of ether oxygens (including phenoxy) is 1. The Morgan fingerprint density at radius 2 is 1.67 bits per heavy atom. The van der Waals surface area contributed by atoms with Gasteiger partial charge >= 0.3 is 0 Å². The summed E-state index contributed by atoms with van der Waals surface area (Å²) >= 11 is 3.38. The number of benzene rings is 2. The van der Waals surface area contributed by atoms with Crippen LogP contribution in [0.4, 0.5) is 0 Å². The summed E-state index contributed by atoms with van der Waals surface area (Å²) in [5.41, 5.74) is 1.74. The summed E-state index contributed by atoms with van der Waals surface area (Å²) in [6.45, 7) is 9.94. The highest BCUT2D eigenvalue weighted by atomic mass is 79.9. The van der Waals surface area contributed by atoms with Gasteiger partial charge in [-0.05, 0) is 63.9 Å². The maximum absolute atomic E-state index is 13.1. The summed E-state index contributed by atoms with van der Waals surface area (Å²) < 4.78 is 6.63. The number of hydrogen-bond acceptors (Lipinski definition) is 3. The SMILES string of the molecule is CC[C@@H](C(=O)NC(C)(C)C)N(Cc1ccc(C)cc1)C(=O)COc1ccc(Br)cc1. The number of nitrogens with one attached hydrogen (secondary N) is 1. The maximum Gasteiger partial charge on any atom is 0.261 e. The average molecular weight is 475 g/mol. The second kappa shape index (κ2) is 10.6. The molecule has 162 valence electrons. The van der Waals surface area contributed by atoms with Crippen molar-refractivity contribution in [3.05, 3.63) is 64.1 Å². The topological polar surface area (TPSA) is 58.6 Å². The van der Waals surface area contributed by atoms with Crippen molar-refractivity contribution in [2.75, 3.05) is 6.61 Å². The molecule has 0 saturated heterocycles. The first-order valence-electron chi connectivity index (χ1n) is 10.1. The molecule has 0 radical (unpaired) electrons. The number of halogens is 1. The van der Waals surface area contributed by atoms with E-state index in [-0.39, 0.29) is 24.0 Å². The van der Waals surface area contributed by atoms with E-state index >= 15 is 0 Å². The molecule has 0 bridgehead atoms. The van der Waals surface area contributed by atoms with Crippen molar-refractivity contribution in [3.63, 3.8) is 0 Å². The fourth-order valence-corrected chi connectivity index (χ4v) is 3.29. The smallest absolute Gasteiger partial charge is 0.261 e. The predicted octanol–water partition coefficient (Wildman–Crippen LogP) is 4.86. The van der Waals surface area contributed by atoms with E-state index in [2.05, 4.69) is 21.2 Å². The van der Waals surface area contributed by atoms with Gasteiger partial charge in [0.15, 0.2) is 6.61 Å². The molecule has 2 aromatic carbocycles. The van der Waals surface area contributed by atoms with Crippen molar-refractivity contribution < 1.29 is 14.3 Å². The van der Waals surface area contributed by atoms with E-state index in [9.17, 15) is 9.59 Å². The van der Waals surface area contributed by atoms with Crippen LogP contribution < -0.4 is 10.1 Å². The van der Waals surface area contributed by atoms with E-state index in [4.69, 9.17) is 4.74 Å². The van der Waals surface area contributed by atoms with Crippen molar-refractivity contribution in [1.29, 1.82) is 0 Å². The fourth-order valence-electron chi connectivity index (χ4n) is 3.02. The standard InChI is InChI=1S/C24H31BrN2O3/c1-6-21(23(29)26-24(3,4)5)27(15-18-9-7-17(2)8-10-18)22(28)16-30-20-13-11-19(25)12-14-20/h7-14,21H,6,15-16H2,1-5H3,(H,26,29)/t21-/m0/s1. The lowest BCUT2D eigenvalue weighted by atomic mass is 10.1. The van der Waals surface area contributed by atoms with Crippen molar-refractivity contribution in [1.82, 2.24) is 10.2 Å². The first-order valence-corrected chi connectivity index (χ1v) is 10.9. The maximum atomic E-state index is 13.1. The Labute approximate surface area is 187 Å². The minimum atomic E-state index is -0.577. The van der Waals surface area contributed by atoms with Gasteiger partial charge < -0.3 is 15.0 Å². The van der Waals surface area contributed by atoms with Crippen molar-refractivity contribution in [2.24, 2.45) is 0 Å². The molecule has 0 saturated carbocycles. The lowest BCUT2D eigenvalue weighted by molar-refractivity contribution is -0.143. The molecule has 0 spiro atoms. The summed E-state index contributed by atoms with van der Waals surface area (Å²) in [7, 11) is 0. The van der Waals surface area contributed by atoms with Gasteiger partial charge in [0.05, 0.1) is 0 Å². The molecular formula is C24H31BrN2O3. The summed E-state index contributed by atoms with van der Waals surface area (Å²) in [5, 5.41) is 3.00. The van der Waals surface area contributed by atoms with E-state index in [1.807, 2.05) is 71.0 Å². The lowest BCUT2D eigenvalue weighted by Gasteiger charge is -2.33. The van der Waals surface area contributed by atoms with Crippen molar-refractivity contribution in [3.8, 4) is 5.75 Å². The number of hydrogen-bond donors (Lipinski definition) is 1. The van der Waals surface area contributed by atoms with Crippen LogP contribution in [-0.2, 0) is 16.1 Å². The van der Waals surface area contributed by atoms with E-state index in [1.165, 1.54) is 0 Å². The van der Waals surface area contributed by atoms with Gasteiger partial charge in [0.1, 0.15) is 11.8 Å². The van der Waals surface area contributed by atoms with Crippen LogP contribution in [0.15, 0.2) is 53.0 Å². The molecule has 2 rings (SSSR count). The van der Waals surface area contributed by atoms with Crippen LogP contribution in [-0.4, -0.2) is 34.9 Å². The van der Waals surface area contributed by atoms with Crippen LogP contribution in [0.2, 0.25) is 0 Å². The summed E-state index contributed by atoms with van der Waals surface area (Å²) in [4.78, 5) is 27.7. The molecule has 0 aliphatic carbocycles. The number of amides is 2. The summed E-state index contributed by atoms with van der Waals surface area (Å²) in [6, 6.07) is 14.7. The third-order valence-electron chi connectivity index (χ3n) is 4.53. The Balaban J connectivity index is 2.21. The molecule has 0 unspecified atom stereocenters. The lowest BCUT2D eigenvalue weighted by Crippen LogP contribution is -2.54. The van der Waals surface area contributed by atoms with Crippen molar-refractivity contribution in [2.45, 2.75) is 59.2 Å². The van der Waals surface area contributed by atoms with Crippen LogP contribution in [0.3, 0.4) is 0 Å². The minimum Gasteiger partial charge on any atom is -0.484 e. The Morgan fingerprint density at radius 1 is 1.07 bits per heavy atom. The largest absolute Gasteiger partial charge is 0.484 e. The van der Waals surface area contributed by atoms with E-state index in [0.717, 1.165) is 15.6 Å². The number of aryl methyl sites for hydroxylation is 1. The van der Waals surface area contributed by atoms with Gasteiger partial charge in [-0.1, -0.05) is 52.7 Å². The van der Waals surface area contributed by atoms with Crippen LogP contribution in [0, 0.1) is 6.92 Å². The zero-order chi connectivity index (χ0) is 22.3. The van der Waals surface area contributed by atoms with Gasteiger partial charge in [-0.2, -0.15) is 0 Å². The second-order valence-electron chi connectivity index (χ2n) is 8.41. The molecule has 5 nitrogen and oxygen atoms in total. The van der Waals surface area contributed by atoms with Gasteiger partial charge in [0, 0.05) is 16.6 Å². The Bertz CT molecular complexity index is 842. The molecule has 2 amide bonds. The highest BCUT2D eigenvalue weighted by Gasteiger charge is 2.30. The number of rotatable bonds is 8. The van der Waals surface area contributed by atoms with Crippen LogP contribution in [0.1, 0.15) is 45.2 Å². The highest BCUT2D eigenvalue weighted by Crippen LogP contribution is 2.18. The molecule has 30 heavy (non-hydrogen) atoms. The molecule has 6 heteroatoms. The Hall–Kier alpha value is -2.34. The van der Waals surface area contributed by atoms with Gasteiger partial charge in [-0.25, -0.2) is 0 Å². The molecule has 0 heterocycles. The molecule has 1 N–H and O–H groups in total. The molecule has 0 aliphatic rings. The monoisotopic (exact) mass is 474 g/mol.